The highest BCUT2D eigenvalue weighted by Crippen LogP contribution is 2.24. The van der Waals surface area contributed by atoms with Crippen LogP contribution in [0.3, 0.4) is 0 Å². The Labute approximate surface area is 121 Å². The van der Waals surface area contributed by atoms with Crippen LogP contribution in [0.2, 0.25) is 0 Å². The highest BCUT2D eigenvalue weighted by atomic mass is 79.9. The van der Waals surface area contributed by atoms with Gasteiger partial charge in [-0.2, -0.15) is 4.98 Å². The summed E-state index contributed by atoms with van der Waals surface area (Å²) in [4.78, 5) is 8.48. The number of nitrogens with zero attached hydrogens (tertiary/aromatic N) is 2. The summed E-state index contributed by atoms with van der Waals surface area (Å²) in [6, 6.07) is 6.23. The quantitative estimate of drug-likeness (QED) is 0.928. The average molecular weight is 322 g/mol. The van der Waals surface area contributed by atoms with Gasteiger partial charge in [-0.05, 0) is 52.5 Å². The summed E-state index contributed by atoms with van der Waals surface area (Å²) >= 11 is 3.33. The van der Waals surface area contributed by atoms with Gasteiger partial charge in [0.05, 0.1) is 17.8 Å². The molecule has 2 aromatic rings. The molecule has 0 spiro atoms. The van der Waals surface area contributed by atoms with Crippen molar-refractivity contribution in [2.45, 2.75) is 20.3 Å². The zero-order chi connectivity index (χ0) is 13.8. The van der Waals surface area contributed by atoms with Gasteiger partial charge in [0, 0.05) is 5.69 Å². The molecule has 100 valence electrons. The second-order valence-electron chi connectivity index (χ2n) is 4.17. The molecule has 0 amide bonds. The summed E-state index contributed by atoms with van der Waals surface area (Å²) < 4.78 is 5.88. The van der Waals surface area contributed by atoms with Crippen molar-refractivity contribution < 1.29 is 4.74 Å². The van der Waals surface area contributed by atoms with Crippen molar-refractivity contribution in [1.82, 2.24) is 9.97 Å². The highest BCUT2D eigenvalue weighted by Gasteiger charge is 2.06. The van der Waals surface area contributed by atoms with Crippen LogP contribution in [0.4, 0.5) is 11.6 Å². The van der Waals surface area contributed by atoms with Gasteiger partial charge in [0.15, 0.2) is 0 Å². The second-order valence-corrected chi connectivity index (χ2v) is 5.02. The van der Waals surface area contributed by atoms with Crippen LogP contribution in [-0.4, -0.2) is 17.1 Å². The van der Waals surface area contributed by atoms with E-state index in [1.165, 1.54) is 11.1 Å². The fraction of sp³-hybridized carbons (Fsp3) is 0.286. The van der Waals surface area contributed by atoms with Gasteiger partial charge in [-0.3, -0.25) is 0 Å². The summed E-state index contributed by atoms with van der Waals surface area (Å²) in [6.07, 6.45) is 2.68. The number of halogens is 1. The number of rotatable bonds is 4. The summed E-state index contributed by atoms with van der Waals surface area (Å²) in [7, 11) is 1.58. The minimum absolute atomic E-state index is 0.514. The Kier molecular flexibility index (Phi) is 4.37. The summed E-state index contributed by atoms with van der Waals surface area (Å²) in [6.45, 7) is 4.26. The lowest BCUT2D eigenvalue weighted by Crippen LogP contribution is -2.00. The molecule has 0 aliphatic rings. The van der Waals surface area contributed by atoms with E-state index < -0.39 is 0 Å². The molecule has 0 aliphatic carbocycles. The maximum absolute atomic E-state index is 5.15. The van der Waals surface area contributed by atoms with E-state index in [1.807, 2.05) is 6.07 Å². The summed E-state index contributed by atoms with van der Waals surface area (Å²) in [5.41, 5.74) is 3.59. The molecule has 4 nitrogen and oxygen atoms in total. The normalized spacial score (nSPS) is 10.3. The number of hydrogen-bond acceptors (Lipinski definition) is 4. The lowest BCUT2D eigenvalue weighted by molar-refractivity contribution is 0.394. The molecule has 0 aliphatic heterocycles. The van der Waals surface area contributed by atoms with Gasteiger partial charge in [0.25, 0.3) is 0 Å². The van der Waals surface area contributed by atoms with Crippen LogP contribution in [0.15, 0.2) is 28.9 Å². The highest BCUT2D eigenvalue weighted by molar-refractivity contribution is 9.10. The molecular weight excluding hydrogens is 306 g/mol. The zero-order valence-corrected chi connectivity index (χ0v) is 12.8. The van der Waals surface area contributed by atoms with Gasteiger partial charge in [-0.25, -0.2) is 4.98 Å². The van der Waals surface area contributed by atoms with Crippen LogP contribution < -0.4 is 10.1 Å². The Morgan fingerprint density at radius 2 is 2.16 bits per heavy atom. The van der Waals surface area contributed by atoms with Gasteiger partial charge >= 0.3 is 0 Å². The monoisotopic (exact) mass is 321 g/mol. The third-order valence-corrected chi connectivity index (χ3v) is 3.44. The molecule has 0 unspecified atom stereocenters. The Morgan fingerprint density at radius 3 is 2.84 bits per heavy atom. The number of nitrogens with one attached hydrogen (secondary N) is 1. The van der Waals surface area contributed by atoms with E-state index in [4.69, 9.17) is 4.74 Å². The van der Waals surface area contributed by atoms with Crippen LogP contribution in [-0.2, 0) is 6.42 Å². The van der Waals surface area contributed by atoms with Crippen molar-refractivity contribution in [3.05, 3.63) is 40.0 Å². The topological polar surface area (TPSA) is 47.0 Å². The van der Waals surface area contributed by atoms with E-state index in [0.717, 1.165) is 16.6 Å². The van der Waals surface area contributed by atoms with Crippen LogP contribution in [0.25, 0.3) is 0 Å². The first-order chi connectivity index (χ1) is 9.13. The van der Waals surface area contributed by atoms with Crippen molar-refractivity contribution in [3.63, 3.8) is 0 Å². The number of ether oxygens (including phenoxy) is 1. The molecule has 1 aromatic carbocycles. The summed E-state index contributed by atoms with van der Waals surface area (Å²) in [5, 5.41) is 3.18. The van der Waals surface area contributed by atoms with Gasteiger partial charge in [0.2, 0.25) is 11.8 Å². The van der Waals surface area contributed by atoms with Gasteiger partial charge in [-0.15, -0.1) is 0 Å². The van der Waals surface area contributed by atoms with Gasteiger partial charge < -0.3 is 10.1 Å². The predicted molar refractivity (Wildman–Crippen MR) is 80.1 cm³/mol. The Hall–Kier alpha value is -1.62. The van der Waals surface area contributed by atoms with Crippen molar-refractivity contribution >= 4 is 27.6 Å². The van der Waals surface area contributed by atoms with Crippen molar-refractivity contribution in [2.75, 3.05) is 12.4 Å². The largest absolute Gasteiger partial charge is 0.480 e. The number of aromatic nitrogens is 2. The first kappa shape index (κ1) is 13.8. The molecule has 0 saturated heterocycles. The number of anilines is 2. The molecule has 0 atom stereocenters. The number of hydrogen-bond donors (Lipinski definition) is 1. The van der Waals surface area contributed by atoms with Crippen molar-refractivity contribution in [3.8, 4) is 5.88 Å². The molecular formula is C14H16BrN3O. The van der Waals surface area contributed by atoms with Crippen molar-refractivity contribution in [1.29, 1.82) is 0 Å². The minimum Gasteiger partial charge on any atom is -0.480 e. The lowest BCUT2D eigenvalue weighted by atomic mass is 10.1. The first-order valence-corrected chi connectivity index (χ1v) is 6.86. The molecule has 1 heterocycles. The molecule has 0 fully saturated rings. The van der Waals surface area contributed by atoms with E-state index in [-0.39, 0.29) is 0 Å². The Morgan fingerprint density at radius 1 is 1.37 bits per heavy atom. The second kappa shape index (κ2) is 6.02. The number of methoxy groups -OCH3 is 1. The fourth-order valence-electron chi connectivity index (χ4n) is 1.81. The predicted octanol–water partition coefficient (Wildman–Crippen LogP) is 3.86. The Balaban J connectivity index is 2.25. The van der Waals surface area contributed by atoms with E-state index in [1.54, 1.807) is 13.3 Å². The molecule has 19 heavy (non-hydrogen) atoms. The molecule has 5 heteroatoms. The van der Waals surface area contributed by atoms with E-state index in [2.05, 4.69) is 57.2 Å². The van der Waals surface area contributed by atoms with E-state index >= 15 is 0 Å². The molecule has 1 N–H and O–H groups in total. The molecule has 1 aromatic heterocycles. The van der Waals surface area contributed by atoms with Gasteiger partial charge in [-0.1, -0.05) is 13.0 Å². The number of benzene rings is 1. The molecule has 0 bridgehead atoms. The Bertz CT molecular complexity index is 535. The van der Waals surface area contributed by atoms with Crippen molar-refractivity contribution in [2.24, 2.45) is 0 Å². The third-order valence-electron chi connectivity index (χ3n) is 2.89. The maximum Gasteiger partial charge on any atom is 0.232 e. The van der Waals surface area contributed by atoms with E-state index in [9.17, 15) is 0 Å². The van der Waals surface area contributed by atoms with Crippen LogP contribution in [0.5, 0.6) is 5.88 Å². The van der Waals surface area contributed by atoms with E-state index in [0.29, 0.717) is 11.8 Å². The third kappa shape index (κ3) is 3.23. The maximum atomic E-state index is 5.15. The molecule has 2 rings (SSSR count). The lowest BCUT2D eigenvalue weighted by Gasteiger charge is -2.09. The SMILES string of the molecule is CCc1cc(Nc2ncc(Br)c(OC)n2)ccc1C. The van der Waals surface area contributed by atoms with Gasteiger partial charge in [0.1, 0.15) is 0 Å². The molecule has 0 radical (unpaired) electrons. The van der Waals surface area contributed by atoms with Crippen LogP contribution in [0.1, 0.15) is 18.1 Å². The zero-order valence-electron chi connectivity index (χ0n) is 11.2. The standard InChI is InChI=1S/C14H16BrN3O/c1-4-10-7-11(6-5-9(10)2)17-14-16-8-12(15)13(18-14)19-3/h5-8H,4H2,1-3H3,(H,16,17,18). The summed E-state index contributed by atoms with van der Waals surface area (Å²) in [5.74, 6) is 1.03. The average Bonchev–Trinajstić information content (AvgIpc) is 2.43. The van der Waals surface area contributed by atoms with Crippen LogP contribution >= 0.6 is 15.9 Å². The number of aryl methyl sites for hydroxylation is 2. The smallest absolute Gasteiger partial charge is 0.232 e. The first-order valence-electron chi connectivity index (χ1n) is 6.07. The van der Waals surface area contributed by atoms with Crippen LogP contribution in [0, 0.1) is 6.92 Å². The fourth-order valence-corrected chi connectivity index (χ4v) is 2.17. The minimum atomic E-state index is 0.514. The molecule has 0 saturated carbocycles.